The molecule has 0 unspecified atom stereocenters. The molecule has 1 saturated heterocycles. The van der Waals surface area contributed by atoms with Gasteiger partial charge in [0.25, 0.3) is 5.91 Å². The van der Waals surface area contributed by atoms with Gasteiger partial charge in [0.2, 0.25) is 10.0 Å². The molecule has 7 heteroatoms. The van der Waals surface area contributed by atoms with E-state index in [0.29, 0.717) is 18.8 Å². The molecular weight excluding hydrogens is 302 g/mol. The van der Waals surface area contributed by atoms with Gasteiger partial charge in [-0.05, 0) is 39.2 Å². The molecule has 124 valence electrons. The van der Waals surface area contributed by atoms with Crippen molar-refractivity contribution < 1.29 is 13.2 Å². The molecule has 0 saturated carbocycles. The van der Waals surface area contributed by atoms with E-state index in [2.05, 4.69) is 5.32 Å². The number of aryl methyl sites for hydroxylation is 1. The van der Waals surface area contributed by atoms with Crippen LogP contribution in [0, 0.1) is 0 Å². The fourth-order valence-corrected chi connectivity index (χ4v) is 4.03. The molecule has 2 heterocycles. The summed E-state index contributed by atoms with van der Waals surface area (Å²) in [7, 11) is -1.80. The molecule has 1 aromatic heterocycles. The van der Waals surface area contributed by atoms with E-state index in [9.17, 15) is 13.2 Å². The van der Waals surface area contributed by atoms with Gasteiger partial charge in [0.1, 0.15) is 10.6 Å². The number of sulfonamides is 1. The Morgan fingerprint density at radius 2 is 1.91 bits per heavy atom. The lowest BCUT2D eigenvalue weighted by molar-refractivity contribution is 0.0903. The van der Waals surface area contributed by atoms with Gasteiger partial charge in [0.05, 0.1) is 0 Å². The minimum atomic E-state index is -3.49. The summed E-state index contributed by atoms with van der Waals surface area (Å²) in [6.07, 6.45) is 4.10. The largest absolute Gasteiger partial charge is 0.346 e. The standard InChI is InChI=1S/C15H25N3O3S/c1-5-15(2,3)16-14(19)13-10-12(11-17(13)4)22(20,21)18-8-6-7-9-18/h10-11H,5-9H2,1-4H3,(H,16,19). The van der Waals surface area contributed by atoms with Crippen molar-refractivity contribution in [3.8, 4) is 0 Å². The average Bonchev–Trinajstić information content (AvgIpc) is 3.07. The summed E-state index contributed by atoms with van der Waals surface area (Å²) in [5.74, 6) is -0.253. The quantitative estimate of drug-likeness (QED) is 0.895. The minimum absolute atomic E-state index is 0.191. The highest BCUT2D eigenvalue weighted by atomic mass is 32.2. The Labute approximate surface area is 132 Å². The molecule has 1 aromatic rings. The maximum atomic E-state index is 12.5. The first-order chi connectivity index (χ1) is 10.2. The molecule has 2 rings (SSSR count). The normalized spacial score (nSPS) is 16.9. The molecule has 0 spiro atoms. The van der Waals surface area contributed by atoms with E-state index in [-0.39, 0.29) is 16.3 Å². The van der Waals surface area contributed by atoms with Gasteiger partial charge in [-0.15, -0.1) is 0 Å². The molecule has 1 aliphatic heterocycles. The molecular formula is C15H25N3O3S. The fourth-order valence-electron chi connectivity index (χ4n) is 2.44. The molecule has 6 nitrogen and oxygen atoms in total. The molecule has 0 atom stereocenters. The van der Waals surface area contributed by atoms with Crippen molar-refractivity contribution in [2.45, 2.75) is 50.5 Å². The number of amides is 1. The second-order valence-electron chi connectivity index (χ2n) is 6.47. The van der Waals surface area contributed by atoms with Crippen molar-refractivity contribution in [1.82, 2.24) is 14.2 Å². The monoisotopic (exact) mass is 327 g/mol. The first-order valence-electron chi connectivity index (χ1n) is 7.66. The zero-order valence-electron chi connectivity index (χ0n) is 13.7. The number of hydrogen-bond acceptors (Lipinski definition) is 3. The van der Waals surface area contributed by atoms with Gasteiger partial charge in [-0.3, -0.25) is 4.79 Å². The lowest BCUT2D eigenvalue weighted by Crippen LogP contribution is -2.43. The average molecular weight is 327 g/mol. The Morgan fingerprint density at radius 3 is 2.45 bits per heavy atom. The maximum Gasteiger partial charge on any atom is 0.268 e. The zero-order chi connectivity index (χ0) is 16.5. The SMILES string of the molecule is CCC(C)(C)NC(=O)c1cc(S(=O)(=O)N2CCCC2)cn1C. The third-order valence-corrected chi connectivity index (χ3v) is 6.12. The van der Waals surface area contributed by atoms with Gasteiger partial charge in [0, 0.05) is 31.9 Å². The van der Waals surface area contributed by atoms with Crippen molar-refractivity contribution in [2.24, 2.45) is 7.05 Å². The van der Waals surface area contributed by atoms with Crippen molar-refractivity contribution >= 4 is 15.9 Å². The summed E-state index contributed by atoms with van der Waals surface area (Å²) in [5, 5.41) is 2.93. The van der Waals surface area contributed by atoms with Gasteiger partial charge >= 0.3 is 0 Å². The number of nitrogens with one attached hydrogen (secondary N) is 1. The van der Waals surface area contributed by atoms with E-state index < -0.39 is 10.0 Å². The highest BCUT2D eigenvalue weighted by molar-refractivity contribution is 7.89. The number of rotatable bonds is 5. The van der Waals surface area contributed by atoms with Crippen LogP contribution in [0.1, 0.15) is 50.5 Å². The van der Waals surface area contributed by atoms with E-state index in [1.807, 2.05) is 20.8 Å². The Hall–Kier alpha value is -1.34. The molecule has 1 aliphatic rings. The molecule has 1 amide bonds. The molecule has 1 N–H and O–H groups in total. The van der Waals surface area contributed by atoms with Crippen LogP contribution in [-0.4, -0.2) is 41.8 Å². The van der Waals surface area contributed by atoms with Crippen LogP contribution in [0.3, 0.4) is 0 Å². The molecule has 0 bridgehead atoms. The zero-order valence-corrected chi connectivity index (χ0v) is 14.5. The maximum absolute atomic E-state index is 12.5. The van der Waals surface area contributed by atoms with E-state index in [4.69, 9.17) is 0 Å². The molecule has 22 heavy (non-hydrogen) atoms. The summed E-state index contributed by atoms with van der Waals surface area (Å²) >= 11 is 0. The third-order valence-electron chi connectivity index (χ3n) is 4.25. The van der Waals surface area contributed by atoms with Crippen LogP contribution in [0.15, 0.2) is 17.2 Å². The summed E-state index contributed by atoms with van der Waals surface area (Å²) in [6.45, 7) is 6.99. The van der Waals surface area contributed by atoms with Crippen molar-refractivity contribution in [1.29, 1.82) is 0 Å². The molecule has 1 fully saturated rings. The molecule has 0 aliphatic carbocycles. The Balaban J connectivity index is 2.26. The second kappa shape index (κ2) is 6.04. The smallest absolute Gasteiger partial charge is 0.268 e. The number of aromatic nitrogens is 1. The van der Waals surface area contributed by atoms with Gasteiger partial charge in [-0.2, -0.15) is 4.31 Å². The van der Waals surface area contributed by atoms with Crippen molar-refractivity contribution in [2.75, 3.05) is 13.1 Å². The van der Waals surface area contributed by atoms with E-state index in [1.165, 1.54) is 16.6 Å². The highest BCUT2D eigenvalue weighted by Gasteiger charge is 2.30. The first kappa shape index (κ1) is 17.0. The minimum Gasteiger partial charge on any atom is -0.346 e. The van der Waals surface area contributed by atoms with Gasteiger partial charge in [-0.25, -0.2) is 8.42 Å². The summed E-state index contributed by atoms with van der Waals surface area (Å²) < 4.78 is 28.1. The van der Waals surface area contributed by atoms with E-state index in [1.54, 1.807) is 11.6 Å². The topological polar surface area (TPSA) is 71.4 Å². The summed E-state index contributed by atoms with van der Waals surface area (Å²) in [6, 6.07) is 1.47. The fraction of sp³-hybridized carbons (Fsp3) is 0.667. The van der Waals surface area contributed by atoms with Crippen LogP contribution in [0.4, 0.5) is 0 Å². The van der Waals surface area contributed by atoms with Crippen LogP contribution < -0.4 is 5.32 Å². The van der Waals surface area contributed by atoms with Gasteiger partial charge < -0.3 is 9.88 Å². The Morgan fingerprint density at radius 1 is 1.32 bits per heavy atom. The molecule has 0 radical (unpaired) electrons. The van der Waals surface area contributed by atoms with Gasteiger partial charge in [-0.1, -0.05) is 6.92 Å². The number of carbonyl (C=O) groups is 1. The lowest BCUT2D eigenvalue weighted by Gasteiger charge is -2.24. The Bertz CT molecular complexity index is 656. The van der Waals surface area contributed by atoms with Crippen molar-refractivity contribution in [3.05, 3.63) is 18.0 Å². The predicted molar refractivity (Wildman–Crippen MR) is 85.2 cm³/mol. The Kier molecular flexibility index (Phi) is 4.67. The predicted octanol–water partition coefficient (Wildman–Crippen LogP) is 1.73. The van der Waals surface area contributed by atoms with Crippen LogP contribution in [0.5, 0.6) is 0 Å². The van der Waals surface area contributed by atoms with Crippen LogP contribution in [0.2, 0.25) is 0 Å². The third kappa shape index (κ3) is 3.35. The van der Waals surface area contributed by atoms with Crippen LogP contribution in [0.25, 0.3) is 0 Å². The highest BCUT2D eigenvalue weighted by Crippen LogP contribution is 2.22. The number of carbonyl (C=O) groups excluding carboxylic acids is 1. The van der Waals surface area contributed by atoms with Gasteiger partial charge in [0.15, 0.2) is 0 Å². The second-order valence-corrected chi connectivity index (χ2v) is 8.41. The van der Waals surface area contributed by atoms with Crippen LogP contribution >= 0.6 is 0 Å². The molecule has 0 aromatic carbocycles. The number of hydrogen-bond donors (Lipinski definition) is 1. The number of nitrogens with zero attached hydrogens (tertiary/aromatic N) is 2. The van der Waals surface area contributed by atoms with Crippen LogP contribution in [-0.2, 0) is 17.1 Å². The summed E-state index contributed by atoms with van der Waals surface area (Å²) in [4.78, 5) is 12.6. The lowest BCUT2D eigenvalue weighted by atomic mass is 10.0. The van der Waals surface area contributed by atoms with E-state index >= 15 is 0 Å². The van der Waals surface area contributed by atoms with Crippen molar-refractivity contribution in [3.63, 3.8) is 0 Å². The van der Waals surface area contributed by atoms with E-state index in [0.717, 1.165) is 19.3 Å². The summed E-state index contributed by atoms with van der Waals surface area (Å²) in [5.41, 5.74) is 0.0364. The first-order valence-corrected chi connectivity index (χ1v) is 9.10.